The van der Waals surface area contributed by atoms with Gasteiger partial charge in [0.2, 0.25) is 5.91 Å². The second kappa shape index (κ2) is 8.63. The molecule has 0 bridgehead atoms. The van der Waals surface area contributed by atoms with Crippen LogP contribution in [0.15, 0.2) is 54.9 Å². The summed E-state index contributed by atoms with van der Waals surface area (Å²) in [4.78, 5) is 23.6. The molecule has 0 unspecified atom stereocenters. The fourth-order valence-corrected chi connectivity index (χ4v) is 4.24. The molecule has 0 aliphatic carbocycles. The van der Waals surface area contributed by atoms with E-state index in [1.165, 1.54) is 12.0 Å². The van der Waals surface area contributed by atoms with Gasteiger partial charge in [-0.1, -0.05) is 18.2 Å². The van der Waals surface area contributed by atoms with Gasteiger partial charge in [0, 0.05) is 57.2 Å². The van der Waals surface area contributed by atoms with Gasteiger partial charge in [-0.05, 0) is 55.3 Å². The monoisotopic (exact) mass is 364 g/mol. The second-order valence-corrected chi connectivity index (χ2v) is 7.70. The van der Waals surface area contributed by atoms with Crippen LogP contribution in [0.1, 0.15) is 18.4 Å². The molecule has 2 aliphatic rings. The minimum Gasteiger partial charge on any atom is -0.312 e. The highest BCUT2D eigenvalue weighted by molar-refractivity contribution is 5.95. The van der Waals surface area contributed by atoms with Gasteiger partial charge >= 0.3 is 0 Å². The molecule has 1 atom stereocenters. The molecule has 4 rings (SSSR count). The van der Waals surface area contributed by atoms with Crippen LogP contribution in [0.25, 0.3) is 0 Å². The van der Waals surface area contributed by atoms with Crippen LogP contribution in [-0.4, -0.2) is 60.0 Å². The Bertz CT molecular complexity index is 736. The van der Waals surface area contributed by atoms with Crippen molar-refractivity contribution in [2.24, 2.45) is 5.92 Å². The summed E-state index contributed by atoms with van der Waals surface area (Å²) >= 11 is 0. The first-order chi connectivity index (χ1) is 13.3. The van der Waals surface area contributed by atoms with Gasteiger partial charge < -0.3 is 9.80 Å². The maximum absolute atomic E-state index is 12.4. The number of amides is 1. The van der Waals surface area contributed by atoms with Crippen LogP contribution in [0.4, 0.5) is 5.69 Å². The number of carbonyl (C=O) groups is 1. The highest BCUT2D eigenvalue weighted by atomic mass is 16.2. The van der Waals surface area contributed by atoms with Crippen LogP contribution >= 0.6 is 0 Å². The Hall–Kier alpha value is -2.24. The third-order valence-corrected chi connectivity index (χ3v) is 5.63. The molecule has 1 amide bonds. The van der Waals surface area contributed by atoms with Crippen molar-refractivity contribution in [1.82, 2.24) is 14.8 Å². The van der Waals surface area contributed by atoms with Gasteiger partial charge in [0.15, 0.2) is 0 Å². The first kappa shape index (κ1) is 18.1. The van der Waals surface area contributed by atoms with E-state index < -0.39 is 0 Å². The van der Waals surface area contributed by atoms with Crippen LogP contribution in [0.3, 0.4) is 0 Å². The molecule has 2 saturated heterocycles. The number of pyridine rings is 1. The zero-order valence-electron chi connectivity index (χ0n) is 15.8. The van der Waals surface area contributed by atoms with Crippen LogP contribution in [0, 0.1) is 5.92 Å². The maximum atomic E-state index is 12.4. The quantitative estimate of drug-likeness (QED) is 0.818. The Labute approximate surface area is 161 Å². The summed E-state index contributed by atoms with van der Waals surface area (Å²) in [6.07, 6.45) is 5.60. The highest BCUT2D eigenvalue weighted by Crippen LogP contribution is 2.25. The van der Waals surface area contributed by atoms with Crippen molar-refractivity contribution >= 4 is 11.6 Å². The zero-order valence-corrected chi connectivity index (χ0v) is 15.8. The summed E-state index contributed by atoms with van der Waals surface area (Å²) in [5.41, 5.74) is 2.36. The molecular formula is C22H28N4O. The van der Waals surface area contributed by atoms with Crippen molar-refractivity contribution in [2.45, 2.75) is 19.4 Å². The topological polar surface area (TPSA) is 39.7 Å². The van der Waals surface area contributed by atoms with Crippen molar-refractivity contribution in [2.75, 3.05) is 44.2 Å². The Kier molecular flexibility index (Phi) is 5.80. The predicted molar refractivity (Wildman–Crippen MR) is 107 cm³/mol. The van der Waals surface area contributed by atoms with Gasteiger partial charge in [-0.25, -0.2) is 0 Å². The summed E-state index contributed by atoms with van der Waals surface area (Å²) in [7, 11) is 0. The Balaban J connectivity index is 1.28. The van der Waals surface area contributed by atoms with Gasteiger partial charge in [0.25, 0.3) is 0 Å². The number of anilines is 1. The van der Waals surface area contributed by atoms with Crippen molar-refractivity contribution in [1.29, 1.82) is 0 Å². The van der Waals surface area contributed by atoms with Crippen molar-refractivity contribution < 1.29 is 4.79 Å². The molecule has 3 heterocycles. The minimum absolute atomic E-state index is 0.264. The lowest BCUT2D eigenvalue weighted by molar-refractivity contribution is -0.117. The largest absolute Gasteiger partial charge is 0.312 e. The number of hydrogen-bond acceptors (Lipinski definition) is 4. The SMILES string of the molecule is O=C1C[C@@H](CN2CCCN(Cc3ccncc3)CC2)CN1c1ccccc1. The Morgan fingerprint density at radius 3 is 2.48 bits per heavy atom. The summed E-state index contributed by atoms with van der Waals surface area (Å²) < 4.78 is 0. The first-order valence-electron chi connectivity index (χ1n) is 9.97. The van der Waals surface area contributed by atoms with E-state index in [0.29, 0.717) is 12.3 Å². The van der Waals surface area contributed by atoms with E-state index >= 15 is 0 Å². The van der Waals surface area contributed by atoms with Crippen LogP contribution in [-0.2, 0) is 11.3 Å². The van der Waals surface area contributed by atoms with E-state index in [1.54, 1.807) is 0 Å². The summed E-state index contributed by atoms with van der Waals surface area (Å²) in [5, 5.41) is 0. The molecule has 5 heteroatoms. The molecular weight excluding hydrogens is 336 g/mol. The lowest BCUT2D eigenvalue weighted by Crippen LogP contribution is -2.34. The highest BCUT2D eigenvalue weighted by Gasteiger charge is 2.31. The summed E-state index contributed by atoms with van der Waals surface area (Å²) in [6.45, 7) is 7.31. The van der Waals surface area contributed by atoms with E-state index in [-0.39, 0.29) is 5.91 Å². The predicted octanol–water partition coefficient (Wildman–Crippen LogP) is 2.64. The smallest absolute Gasteiger partial charge is 0.227 e. The van der Waals surface area contributed by atoms with Crippen molar-refractivity contribution in [3.63, 3.8) is 0 Å². The Morgan fingerprint density at radius 2 is 1.67 bits per heavy atom. The number of hydrogen-bond donors (Lipinski definition) is 0. The maximum Gasteiger partial charge on any atom is 0.227 e. The van der Waals surface area contributed by atoms with E-state index in [4.69, 9.17) is 0 Å². The number of para-hydroxylation sites is 1. The number of rotatable bonds is 5. The molecule has 142 valence electrons. The Morgan fingerprint density at radius 1 is 0.926 bits per heavy atom. The molecule has 2 aromatic rings. The van der Waals surface area contributed by atoms with Crippen molar-refractivity contribution in [3.8, 4) is 0 Å². The molecule has 1 aromatic heterocycles. The second-order valence-electron chi connectivity index (χ2n) is 7.70. The molecule has 0 saturated carbocycles. The van der Waals surface area contributed by atoms with Gasteiger partial charge in [-0.3, -0.25) is 14.7 Å². The van der Waals surface area contributed by atoms with Gasteiger partial charge in [-0.15, -0.1) is 0 Å². The molecule has 0 spiro atoms. The van der Waals surface area contributed by atoms with Crippen molar-refractivity contribution in [3.05, 3.63) is 60.4 Å². The molecule has 0 radical (unpaired) electrons. The first-order valence-corrected chi connectivity index (χ1v) is 9.97. The molecule has 27 heavy (non-hydrogen) atoms. The summed E-state index contributed by atoms with van der Waals surface area (Å²) in [6, 6.07) is 14.3. The molecule has 1 aromatic carbocycles. The normalized spacial score (nSPS) is 22.1. The van der Waals surface area contributed by atoms with E-state index in [2.05, 4.69) is 26.9 Å². The molecule has 2 aliphatic heterocycles. The lowest BCUT2D eigenvalue weighted by atomic mass is 10.1. The van der Waals surface area contributed by atoms with Gasteiger partial charge in [0.1, 0.15) is 0 Å². The number of aromatic nitrogens is 1. The molecule has 5 nitrogen and oxygen atoms in total. The average molecular weight is 364 g/mol. The van der Waals surface area contributed by atoms with Crippen LogP contribution in [0.5, 0.6) is 0 Å². The fraction of sp³-hybridized carbons (Fsp3) is 0.455. The lowest BCUT2D eigenvalue weighted by Gasteiger charge is -2.24. The van der Waals surface area contributed by atoms with E-state index in [0.717, 1.165) is 51.5 Å². The van der Waals surface area contributed by atoms with Crippen LogP contribution in [0.2, 0.25) is 0 Å². The zero-order chi connectivity index (χ0) is 18.5. The number of benzene rings is 1. The van der Waals surface area contributed by atoms with E-state index in [9.17, 15) is 4.79 Å². The number of nitrogens with zero attached hydrogens (tertiary/aromatic N) is 4. The van der Waals surface area contributed by atoms with Gasteiger partial charge in [-0.2, -0.15) is 0 Å². The number of carbonyl (C=O) groups excluding carboxylic acids is 1. The standard InChI is InChI=1S/C22H28N4O/c27-22-15-20(18-26(22)21-5-2-1-3-6-21)17-25-12-4-11-24(13-14-25)16-19-7-9-23-10-8-19/h1-3,5-10,20H,4,11-18H2/t20-/m0/s1. The van der Waals surface area contributed by atoms with E-state index in [1.807, 2.05) is 47.6 Å². The van der Waals surface area contributed by atoms with Gasteiger partial charge in [0.05, 0.1) is 0 Å². The third kappa shape index (κ3) is 4.73. The van der Waals surface area contributed by atoms with Crippen LogP contribution < -0.4 is 4.90 Å². The fourth-order valence-electron chi connectivity index (χ4n) is 4.24. The summed E-state index contributed by atoms with van der Waals surface area (Å²) in [5.74, 6) is 0.699. The average Bonchev–Trinajstić information content (AvgIpc) is 2.92. The molecule has 0 N–H and O–H groups in total. The minimum atomic E-state index is 0.264. The third-order valence-electron chi connectivity index (χ3n) is 5.63. The molecule has 2 fully saturated rings.